The average Bonchev–Trinajstić information content (AvgIpc) is 2.86. The first kappa shape index (κ1) is 28.0. The van der Waals surface area contributed by atoms with Gasteiger partial charge in [0.15, 0.2) is 0 Å². The monoisotopic (exact) mass is 626 g/mol. The van der Waals surface area contributed by atoms with Gasteiger partial charge in [-0.1, -0.05) is 63.1 Å². The van der Waals surface area contributed by atoms with Gasteiger partial charge in [0, 0.05) is 0 Å². The van der Waals surface area contributed by atoms with Crippen molar-refractivity contribution < 1.29 is 29.4 Å². The largest absolute Gasteiger partial charge is 0.515 e. The number of aryl methyl sites for hydroxylation is 2. The Labute approximate surface area is 217 Å². The van der Waals surface area contributed by atoms with Crippen LogP contribution in [0.1, 0.15) is 76.8 Å². The Balaban J connectivity index is 0.000000604. The predicted octanol–water partition coefficient (Wildman–Crippen LogP) is 8.60. The number of phenolic OH excluding ortho intramolecular Hbond substituents is 2. The predicted molar refractivity (Wildman–Crippen MR) is 140 cm³/mol. The van der Waals surface area contributed by atoms with Crippen molar-refractivity contribution in [3.8, 4) is 38.0 Å². The van der Waals surface area contributed by atoms with E-state index in [1.165, 1.54) is 38.4 Å². The topological polar surface area (TPSA) is 40.5 Å². The smallest absolute Gasteiger partial charge is 0.0933 e. The molecule has 0 fully saturated rings. The molecule has 2 nitrogen and oxygen atoms in total. The Bertz CT molecular complexity index is 993. The van der Waals surface area contributed by atoms with Gasteiger partial charge in [-0.3, -0.25) is 0 Å². The third kappa shape index (κ3) is 8.19. The Morgan fingerprint density at radius 2 is 1.12 bits per heavy atom. The van der Waals surface area contributed by atoms with Crippen molar-refractivity contribution in [3.63, 3.8) is 0 Å². The van der Waals surface area contributed by atoms with Crippen molar-refractivity contribution >= 4 is 0 Å². The molecule has 0 aliphatic heterocycles. The van der Waals surface area contributed by atoms with Crippen molar-refractivity contribution in [2.24, 2.45) is 0 Å². The molecule has 0 heterocycles. The normalized spacial score (nSPS) is 10.3. The van der Waals surface area contributed by atoms with Gasteiger partial charge in [0.05, 0.1) is 11.5 Å². The van der Waals surface area contributed by atoms with Crippen LogP contribution in [-0.2, 0) is 32.0 Å². The molecule has 0 bridgehead atoms. The van der Waals surface area contributed by atoms with Gasteiger partial charge in [-0.05, 0) is 47.9 Å². The minimum Gasteiger partial charge on any atom is -0.515 e. The molecule has 0 amide bonds. The van der Waals surface area contributed by atoms with E-state index in [0.717, 1.165) is 71.9 Å². The number of hydrogen-bond acceptors (Lipinski definition) is 2. The summed E-state index contributed by atoms with van der Waals surface area (Å²) in [7, 11) is 0. The SMILES string of the molecule is CCCC[C]#[W].CCCCc1cccc(-c2[c-]c(-c3cccc(CCCC)c3O)ccc2)c1O. The second-order valence-electron chi connectivity index (χ2n) is 8.56. The Morgan fingerprint density at radius 1 is 0.676 bits per heavy atom. The zero-order chi connectivity index (χ0) is 24.8. The van der Waals surface area contributed by atoms with Crippen molar-refractivity contribution in [2.45, 2.75) is 78.6 Å². The van der Waals surface area contributed by atoms with Gasteiger partial charge in [0.2, 0.25) is 0 Å². The molecule has 0 radical (unpaired) electrons. The molecular formula is C31H38O2W-. The molecular weight excluding hydrogens is 588 g/mol. The van der Waals surface area contributed by atoms with Crippen molar-refractivity contribution in [3.05, 3.63) is 71.8 Å². The summed E-state index contributed by atoms with van der Waals surface area (Å²) in [5.41, 5.74) is 5.21. The summed E-state index contributed by atoms with van der Waals surface area (Å²) in [4.78, 5) is 0. The number of benzene rings is 3. The summed E-state index contributed by atoms with van der Waals surface area (Å²) < 4.78 is 3.15. The van der Waals surface area contributed by atoms with Gasteiger partial charge in [0.25, 0.3) is 0 Å². The number of rotatable bonds is 10. The van der Waals surface area contributed by atoms with E-state index in [9.17, 15) is 10.2 Å². The van der Waals surface area contributed by atoms with E-state index in [4.69, 9.17) is 0 Å². The maximum absolute atomic E-state index is 10.8. The van der Waals surface area contributed by atoms with E-state index in [1.807, 2.05) is 54.6 Å². The number of aromatic hydroxyl groups is 2. The minimum atomic E-state index is 0.338. The van der Waals surface area contributed by atoms with Crippen molar-refractivity contribution in [1.29, 1.82) is 0 Å². The van der Waals surface area contributed by atoms with Crippen LogP contribution in [0.4, 0.5) is 0 Å². The number of phenols is 2. The molecule has 3 rings (SSSR count). The van der Waals surface area contributed by atoms with Crippen molar-refractivity contribution in [2.75, 3.05) is 0 Å². The summed E-state index contributed by atoms with van der Waals surface area (Å²) in [5.74, 6) is 0.676. The van der Waals surface area contributed by atoms with E-state index in [0.29, 0.717) is 11.5 Å². The Kier molecular flexibility index (Phi) is 12.8. The molecule has 0 atom stereocenters. The van der Waals surface area contributed by atoms with Crippen LogP contribution in [0.5, 0.6) is 11.5 Å². The Hall–Kier alpha value is -2.27. The summed E-state index contributed by atoms with van der Waals surface area (Å²) >= 11 is 1.48. The molecule has 0 unspecified atom stereocenters. The van der Waals surface area contributed by atoms with Crippen LogP contribution in [0.2, 0.25) is 0 Å². The molecule has 0 saturated heterocycles. The molecule has 0 aliphatic rings. The zero-order valence-corrected chi connectivity index (χ0v) is 23.8. The van der Waals surface area contributed by atoms with E-state index < -0.39 is 0 Å². The summed E-state index contributed by atoms with van der Waals surface area (Å²) in [6.07, 6.45) is 9.87. The first-order chi connectivity index (χ1) is 16.6. The van der Waals surface area contributed by atoms with Gasteiger partial charge in [-0.15, -0.1) is 35.4 Å². The second kappa shape index (κ2) is 15.6. The number of unbranched alkanes of at least 4 members (excludes halogenated alkanes) is 4. The molecule has 3 aromatic rings. The minimum absolute atomic E-state index is 0.338. The fraction of sp³-hybridized carbons (Fsp3) is 0.387. The van der Waals surface area contributed by atoms with Crippen LogP contribution >= 0.6 is 0 Å². The van der Waals surface area contributed by atoms with Gasteiger partial charge >= 0.3 is 49.5 Å². The molecule has 0 aliphatic carbocycles. The van der Waals surface area contributed by atoms with E-state index in [1.54, 1.807) is 0 Å². The van der Waals surface area contributed by atoms with Crippen LogP contribution in [0, 0.1) is 10.3 Å². The van der Waals surface area contributed by atoms with E-state index in [-0.39, 0.29) is 0 Å². The van der Waals surface area contributed by atoms with Crippen LogP contribution < -0.4 is 0 Å². The standard InChI is InChI=1S/C26H29O2.C5H9.W/c1-3-5-10-19-12-8-16-23(25(19)27)21-14-7-15-22(18-21)24-17-9-13-20(26(24)28)11-6-4-2;1-3-5-4-2;/h7-9,12-17,27-28H,3-6,10-11H2,1-2H3;3-5H2,1H3;/q-1;;. The zero-order valence-electron chi connectivity index (χ0n) is 20.9. The first-order valence-electron chi connectivity index (χ1n) is 12.6. The molecule has 0 spiro atoms. The quantitative estimate of drug-likeness (QED) is 0.175. The van der Waals surface area contributed by atoms with Crippen LogP contribution in [-0.4, -0.2) is 10.2 Å². The van der Waals surface area contributed by atoms with E-state index in [2.05, 4.69) is 31.0 Å². The average molecular weight is 626 g/mol. The first-order valence-corrected chi connectivity index (χ1v) is 14.0. The summed E-state index contributed by atoms with van der Waals surface area (Å²) in [6, 6.07) is 21.1. The van der Waals surface area contributed by atoms with Crippen LogP contribution in [0.3, 0.4) is 0 Å². The second-order valence-corrected chi connectivity index (χ2v) is 9.60. The maximum Gasteiger partial charge on any atom is 0.0933 e. The van der Waals surface area contributed by atoms with Gasteiger partial charge < -0.3 is 10.2 Å². The molecule has 34 heavy (non-hydrogen) atoms. The maximum atomic E-state index is 10.8. The molecule has 0 aromatic heterocycles. The molecule has 3 aromatic carbocycles. The fourth-order valence-corrected chi connectivity index (χ4v) is 4.31. The van der Waals surface area contributed by atoms with Gasteiger partial charge in [-0.2, -0.15) is 0 Å². The summed E-state index contributed by atoms with van der Waals surface area (Å²) in [6.45, 7) is 6.51. The van der Waals surface area contributed by atoms with E-state index >= 15 is 0 Å². The third-order valence-corrected chi connectivity index (χ3v) is 6.58. The van der Waals surface area contributed by atoms with Gasteiger partial charge in [-0.25, -0.2) is 0 Å². The molecule has 0 saturated carbocycles. The summed E-state index contributed by atoms with van der Waals surface area (Å²) in [5, 5.41) is 21.5. The molecule has 2 N–H and O–H groups in total. The Morgan fingerprint density at radius 3 is 1.50 bits per heavy atom. The fourth-order valence-electron chi connectivity index (χ4n) is 3.79. The van der Waals surface area contributed by atoms with Gasteiger partial charge in [0.1, 0.15) is 0 Å². The molecule has 181 valence electrons. The van der Waals surface area contributed by atoms with Crippen LogP contribution in [0.15, 0.2) is 54.6 Å². The number of hydrogen-bond donors (Lipinski definition) is 2. The number of para-hydroxylation sites is 2. The third-order valence-electron chi connectivity index (χ3n) is 5.85. The van der Waals surface area contributed by atoms with Crippen molar-refractivity contribution in [1.82, 2.24) is 0 Å². The molecule has 3 heteroatoms. The van der Waals surface area contributed by atoms with Crippen LogP contribution in [0.25, 0.3) is 22.3 Å².